The Hall–Kier alpha value is -1.35. The molecule has 3 heteroatoms. The van der Waals surface area contributed by atoms with Crippen molar-refractivity contribution in [3.63, 3.8) is 0 Å². The first-order valence-electron chi connectivity index (χ1n) is 8.17. The van der Waals surface area contributed by atoms with Crippen LogP contribution in [-0.4, -0.2) is 42.4 Å². The van der Waals surface area contributed by atoms with Crippen molar-refractivity contribution >= 4 is 5.91 Å². The summed E-state index contributed by atoms with van der Waals surface area (Å²) in [4.78, 5) is 16.6. The second-order valence-electron chi connectivity index (χ2n) is 6.22. The first kappa shape index (κ1) is 16.0. The first-order chi connectivity index (χ1) is 10.2. The fourth-order valence-electron chi connectivity index (χ4n) is 2.91. The predicted octanol–water partition coefficient (Wildman–Crippen LogP) is 3.22. The molecule has 2 rings (SSSR count). The molecule has 1 fully saturated rings. The summed E-state index contributed by atoms with van der Waals surface area (Å²) in [5.41, 5.74) is 2.49. The van der Waals surface area contributed by atoms with Gasteiger partial charge in [0.15, 0.2) is 0 Å². The molecular weight excluding hydrogens is 260 g/mol. The summed E-state index contributed by atoms with van der Waals surface area (Å²) in [6.07, 6.45) is 6.44. The number of rotatable bonds is 4. The molecule has 1 aromatic carbocycles. The molecule has 0 aliphatic carbocycles. The summed E-state index contributed by atoms with van der Waals surface area (Å²) < 4.78 is 0. The Bertz CT molecular complexity index is 450. The van der Waals surface area contributed by atoms with E-state index >= 15 is 0 Å². The summed E-state index contributed by atoms with van der Waals surface area (Å²) in [6.45, 7) is 5.53. The summed E-state index contributed by atoms with van der Waals surface area (Å²) >= 11 is 0. The predicted molar refractivity (Wildman–Crippen MR) is 87.2 cm³/mol. The van der Waals surface area contributed by atoms with E-state index in [9.17, 15) is 4.79 Å². The normalized spacial score (nSPS) is 17.0. The SMILES string of the molecule is Cc1ccccc1CN(C)C(=O)CN1CCCCCCC1. The third-order valence-corrected chi connectivity index (χ3v) is 4.40. The van der Waals surface area contributed by atoms with Gasteiger partial charge in [-0.3, -0.25) is 9.69 Å². The Morgan fingerprint density at radius 1 is 1.10 bits per heavy atom. The molecule has 0 unspecified atom stereocenters. The van der Waals surface area contributed by atoms with Crippen molar-refractivity contribution in [2.75, 3.05) is 26.7 Å². The van der Waals surface area contributed by atoms with Crippen LogP contribution < -0.4 is 0 Å². The Kier molecular flexibility index (Phi) is 6.24. The molecule has 1 saturated heterocycles. The average Bonchev–Trinajstić information content (AvgIpc) is 2.44. The van der Waals surface area contributed by atoms with Crippen LogP contribution in [0.3, 0.4) is 0 Å². The maximum absolute atomic E-state index is 12.4. The summed E-state index contributed by atoms with van der Waals surface area (Å²) in [6, 6.07) is 8.29. The van der Waals surface area contributed by atoms with Gasteiger partial charge in [-0.25, -0.2) is 0 Å². The number of carbonyl (C=O) groups is 1. The lowest BCUT2D eigenvalue weighted by molar-refractivity contribution is -0.131. The van der Waals surface area contributed by atoms with Gasteiger partial charge in [0.25, 0.3) is 0 Å². The van der Waals surface area contributed by atoms with E-state index in [2.05, 4.69) is 24.0 Å². The van der Waals surface area contributed by atoms with Crippen LogP contribution in [0.2, 0.25) is 0 Å². The zero-order valence-corrected chi connectivity index (χ0v) is 13.5. The van der Waals surface area contributed by atoms with E-state index in [1.807, 2.05) is 24.1 Å². The highest BCUT2D eigenvalue weighted by Crippen LogP contribution is 2.12. The lowest BCUT2D eigenvalue weighted by atomic mass is 10.1. The van der Waals surface area contributed by atoms with Crippen LogP contribution in [0.1, 0.15) is 43.2 Å². The molecule has 1 aliphatic heterocycles. The van der Waals surface area contributed by atoms with Crippen LogP contribution >= 0.6 is 0 Å². The van der Waals surface area contributed by atoms with Gasteiger partial charge in [0.2, 0.25) is 5.91 Å². The Balaban J connectivity index is 1.85. The van der Waals surface area contributed by atoms with Crippen molar-refractivity contribution < 1.29 is 4.79 Å². The number of amides is 1. The van der Waals surface area contributed by atoms with Crippen molar-refractivity contribution in [2.45, 2.75) is 45.6 Å². The highest BCUT2D eigenvalue weighted by molar-refractivity contribution is 5.78. The van der Waals surface area contributed by atoms with Gasteiger partial charge in [-0.15, -0.1) is 0 Å². The smallest absolute Gasteiger partial charge is 0.236 e. The number of carbonyl (C=O) groups excluding carboxylic acids is 1. The third-order valence-electron chi connectivity index (χ3n) is 4.40. The maximum atomic E-state index is 12.4. The number of aryl methyl sites for hydroxylation is 1. The fraction of sp³-hybridized carbons (Fsp3) is 0.611. The zero-order valence-electron chi connectivity index (χ0n) is 13.5. The molecule has 1 aliphatic rings. The number of hydrogen-bond donors (Lipinski definition) is 0. The van der Waals surface area contributed by atoms with Crippen LogP contribution in [0.5, 0.6) is 0 Å². The Morgan fingerprint density at radius 3 is 2.38 bits per heavy atom. The molecule has 0 atom stereocenters. The van der Waals surface area contributed by atoms with Gasteiger partial charge in [-0.05, 0) is 44.0 Å². The lowest BCUT2D eigenvalue weighted by Crippen LogP contribution is -2.39. The molecule has 116 valence electrons. The van der Waals surface area contributed by atoms with Crippen LogP contribution in [0.15, 0.2) is 24.3 Å². The molecule has 21 heavy (non-hydrogen) atoms. The van der Waals surface area contributed by atoms with Crippen LogP contribution in [0.25, 0.3) is 0 Å². The molecule has 0 radical (unpaired) electrons. The minimum atomic E-state index is 0.235. The topological polar surface area (TPSA) is 23.6 Å². The molecule has 0 saturated carbocycles. The van der Waals surface area contributed by atoms with E-state index in [0.717, 1.165) is 13.1 Å². The largest absolute Gasteiger partial charge is 0.340 e. The van der Waals surface area contributed by atoms with Gasteiger partial charge in [0, 0.05) is 13.6 Å². The van der Waals surface area contributed by atoms with Gasteiger partial charge in [0.05, 0.1) is 6.54 Å². The van der Waals surface area contributed by atoms with Gasteiger partial charge in [-0.2, -0.15) is 0 Å². The van der Waals surface area contributed by atoms with Gasteiger partial charge >= 0.3 is 0 Å². The molecule has 0 N–H and O–H groups in total. The molecule has 1 amide bonds. The van der Waals surface area contributed by atoms with Crippen LogP contribution in [-0.2, 0) is 11.3 Å². The van der Waals surface area contributed by atoms with Crippen molar-refractivity contribution in [2.24, 2.45) is 0 Å². The number of benzene rings is 1. The maximum Gasteiger partial charge on any atom is 0.236 e. The highest BCUT2D eigenvalue weighted by atomic mass is 16.2. The minimum Gasteiger partial charge on any atom is -0.340 e. The number of likely N-dealkylation sites (N-methyl/N-ethyl adjacent to an activating group) is 1. The Labute approximate surface area is 128 Å². The second kappa shape index (κ2) is 8.18. The van der Waals surface area contributed by atoms with Crippen molar-refractivity contribution in [3.05, 3.63) is 35.4 Å². The standard InChI is InChI=1S/C18H28N2O/c1-16-10-6-7-11-17(16)14-19(2)18(21)15-20-12-8-4-3-5-9-13-20/h6-7,10-11H,3-5,8-9,12-15H2,1-2H3. The van der Waals surface area contributed by atoms with E-state index in [0.29, 0.717) is 13.1 Å². The van der Waals surface area contributed by atoms with Gasteiger partial charge in [-0.1, -0.05) is 43.5 Å². The summed E-state index contributed by atoms with van der Waals surface area (Å²) in [5, 5.41) is 0. The van der Waals surface area contributed by atoms with E-state index < -0.39 is 0 Å². The average molecular weight is 288 g/mol. The number of nitrogens with zero attached hydrogens (tertiary/aromatic N) is 2. The number of hydrogen-bond acceptors (Lipinski definition) is 2. The van der Waals surface area contributed by atoms with Crippen molar-refractivity contribution in [1.82, 2.24) is 9.80 Å². The molecule has 0 aromatic heterocycles. The lowest BCUT2D eigenvalue weighted by Gasteiger charge is -2.26. The molecule has 1 aromatic rings. The Morgan fingerprint density at radius 2 is 1.71 bits per heavy atom. The highest BCUT2D eigenvalue weighted by Gasteiger charge is 2.16. The molecule has 0 spiro atoms. The first-order valence-corrected chi connectivity index (χ1v) is 8.17. The minimum absolute atomic E-state index is 0.235. The summed E-state index contributed by atoms with van der Waals surface area (Å²) in [7, 11) is 1.92. The van der Waals surface area contributed by atoms with Crippen LogP contribution in [0, 0.1) is 6.92 Å². The second-order valence-corrected chi connectivity index (χ2v) is 6.22. The van der Waals surface area contributed by atoms with E-state index in [1.54, 1.807) is 0 Å². The van der Waals surface area contributed by atoms with Gasteiger partial charge in [0.1, 0.15) is 0 Å². The third kappa shape index (κ3) is 5.16. The summed E-state index contributed by atoms with van der Waals surface area (Å²) in [5.74, 6) is 0.235. The van der Waals surface area contributed by atoms with E-state index in [-0.39, 0.29) is 5.91 Å². The quantitative estimate of drug-likeness (QED) is 0.849. The number of likely N-dealkylation sites (tertiary alicyclic amines) is 1. The van der Waals surface area contributed by atoms with Crippen molar-refractivity contribution in [1.29, 1.82) is 0 Å². The van der Waals surface area contributed by atoms with Crippen LogP contribution in [0.4, 0.5) is 0 Å². The van der Waals surface area contributed by atoms with Crippen molar-refractivity contribution in [3.8, 4) is 0 Å². The molecule has 3 nitrogen and oxygen atoms in total. The molecular formula is C18H28N2O. The molecule has 1 heterocycles. The molecule has 0 bridgehead atoms. The fourth-order valence-corrected chi connectivity index (χ4v) is 2.91. The van der Waals surface area contributed by atoms with E-state index in [4.69, 9.17) is 0 Å². The zero-order chi connectivity index (χ0) is 15.1. The van der Waals surface area contributed by atoms with Gasteiger partial charge < -0.3 is 4.90 Å². The monoisotopic (exact) mass is 288 g/mol. The van der Waals surface area contributed by atoms with E-state index in [1.165, 1.54) is 43.2 Å².